The van der Waals surface area contributed by atoms with Crippen LogP contribution in [0, 0.1) is 0 Å². The molecule has 0 aromatic heterocycles. The van der Waals surface area contributed by atoms with Gasteiger partial charge in [-0.1, -0.05) is 0 Å². The maximum absolute atomic E-state index is 10.4. The lowest BCUT2D eigenvalue weighted by atomic mass is 10.2. The molecule has 1 aliphatic heterocycles. The van der Waals surface area contributed by atoms with E-state index in [2.05, 4.69) is 5.32 Å². The summed E-state index contributed by atoms with van der Waals surface area (Å²) in [6.07, 6.45) is 0.769. The van der Waals surface area contributed by atoms with E-state index < -0.39 is 12.0 Å². The molecule has 0 bridgehead atoms. The fourth-order valence-corrected chi connectivity index (χ4v) is 0.799. The smallest absolute Gasteiger partial charge is 0.326 e. The Morgan fingerprint density at radius 3 is 2.50 bits per heavy atom. The highest BCUT2D eigenvalue weighted by molar-refractivity contribution is 5.87. The normalized spacial score (nSPS) is 23.2. The van der Waals surface area contributed by atoms with Gasteiger partial charge in [0.25, 0.3) is 0 Å². The van der Waals surface area contributed by atoms with Crippen molar-refractivity contribution in [3.8, 4) is 0 Å². The Morgan fingerprint density at radius 1 is 1.70 bits per heavy atom. The van der Waals surface area contributed by atoms with Gasteiger partial charge in [-0.15, -0.1) is 0 Å². The third-order valence-corrected chi connectivity index (χ3v) is 1.29. The highest BCUT2D eigenvalue weighted by atomic mass is 24.3. The van der Waals surface area contributed by atoms with Crippen LogP contribution < -0.4 is 5.32 Å². The molecule has 0 aromatic carbocycles. The van der Waals surface area contributed by atoms with E-state index in [0.717, 1.165) is 0 Å². The van der Waals surface area contributed by atoms with Crippen LogP contribution in [-0.2, 0) is 9.59 Å². The van der Waals surface area contributed by atoms with Crippen LogP contribution in [0.1, 0.15) is 12.8 Å². The summed E-state index contributed by atoms with van der Waals surface area (Å²) in [4.78, 5) is 20.5. The van der Waals surface area contributed by atoms with Crippen molar-refractivity contribution in [2.24, 2.45) is 0 Å². The molecule has 10 heavy (non-hydrogen) atoms. The number of aliphatic carboxylic acids is 1. The molecular weight excluding hydrogens is 146 g/mol. The zero-order chi connectivity index (χ0) is 6.85. The molecule has 1 aliphatic rings. The number of nitrogens with one attached hydrogen (secondary N) is 1. The molecule has 0 aromatic rings. The standard InChI is InChI=1S/C5H7NO3.Mg.2H/c7-4-2-1-3(6-4)5(8)9;;;/h3H,1-2H2,(H,6,7)(H,8,9);;;/t3-;;;/m0.../s1. The molecular formula is C5H9MgNO3. The molecule has 5 heteroatoms. The van der Waals surface area contributed by atoms with E-state index in [1.54, 1.807) is 0 Å². The molecule has 1 fully saturated rings. The molecule has 1 heterocycles. The number of hydrogen-bond donors (Lipinski definition) is 2. The molecule has 1 saturated heterocycles. The lowest BCUT2D eigenvalue weighted by Gasteiger charge is -1.99. The van der Waals surface area contributed by atoms with Crippen molar-refractivity contribution in [1.29, 1.82) is 0 Å². The maximum atomic E-state index is 10.4. The second-order valence-corrected chi connectivity index (χ2v) is 2.00. The predicted octanol–water partition coefficient (Wildman–Crippen LogP) is -1.57. The van der Waals surface area contributed by atoms with E-state index >= 15 is 0 Å². The molecule has 0 aliphatic carbocycles. The largest absolute Gasteiger partial charge is 0.480 e. The minimum absolute atomic E-state index is 0. The average molecular weight is 155 g/mol. The molecule has 0 radical (unpaired) electrons. The Balaban J connectivity index is 0.000000810. The van der Waals surface area contributed by atoms with Crippen LogP contribution >= 0.6 is 0 Å². The fraction of sp³-hybridized carbons (Fsp3) is 0.600. The van der Waals surface area contributed by atoms with E-state index in [-0.39, 0.29) is 29.0 Å². The van der Waals surface area contributed by atoms with E-state index in [1.807, 2.05) is 0 Å². The van der Waals surface area contributed by atoms with Gasteiger partial charge in [-0.2, -0.15) is 0 Å². The van der Waals surface area contributed by atoms with Crippen molar-refractivity contribution in [2.45, 2.75) is 18.9 Å². The van der Waals surface area contributed by atoms with Crippen molar-refractivity contribution in [1.82, 2.24) is 5.32 Å². The minimum atomic E-state index is -0.944. The van der Waals surface area contributed by atoms with Crippen LogP contribution in [-0.4, -0.2) is 46.1 Å². The Labute approximate surface area is 74.1 Å². The zero-order valence-electron chi connectivity index (χ0n) is 4.76. The van der Waals surface area contributed by atoms with Crippen molar-refractivity contribution < 1.29 is 14.7 Å². The summed E-state index contributed by atoms with van der Waals surface area (Å²) in [7, 11) is 0. The zero-order valence-corrected chi connectivity index (χ0v) is 4.76. The number of hydrogen-bond acceptors (Lipinski definition) is 2. The number of carbonyl (C=O) groups is 2. The molecule has 0 spiro atoms. The van der Waals surface area contributed by atoms with Crippen LogP contribution in [0.15, 0.2) is 0 Å². The number of amides is 1. The third kappa shape index (κ3) is 2.15. The average Bonchev–Trinajstić information content (AvgIpc) is 2.14. The first-order valence-electron chi connectivity index (χ1n) is 2.72. The summed E-state index contributed by atoms with van der Waals surface area (Å²) in [5, 5.41) is 10.6. The molecule has 1 rings (SSSR count). The van der Waals surface area contributed by atoms with Gasteiger partial charge in [-0.3, -0.25) is 4.79 Å². The molecule has 4 nitrogen and oxygen atoms in total. The quantitative estimate of drug-likeness (QED) is 0.450. The monoisotopic (exact) mass is 155 g/mol. The highest BCUT2D eigenvalue weighted by Crippen LogP contribution is 2.05. The van der Waals surface area contributed by atoms with Crippen LogP contribution in [0.3, 0.4) is 0 Å². The lowest BCUT2D eigenvalue weighted by Crippen LogP contribution is -2.32. The minimum Gasteiger partial charge on any atom is -0.480 e. The van der Waals surface area contributed by atoms with Crippen molar-refractivity contribution in [3.63, 3.8) is 0 Å². The molecule has 2 N–H and O–H groups in total. The first kappa shape index (κ1) is 9.71. The van der Waals surface area contributed by atoms with E-state index in [9.17, 15) is 9.59 Å². The van der Waals surface area contributed by atoms with Gasteiger partial charge in [-0.25, -0.2) is 4.79 Å². The highest BCUT2D eigenvalue weighted by Gasteiger charge is 2.26. The number of carboxylic acids is 1. The van der Waals surface area contributed by atoms with Crippen LogP contribution in [0.4, 0.5) is 0 Å². The predicted molar refractivity (Wildman–Crippen MR) is 37.3 cm³/mol. The summed E-state index contributed by atoms with van der Waals surface area (Å²) >= 11 is 0. The van der Waals surface area contributed by atoms with Gasteiger partial charge in [0.05, 0.1) is 0 Å². The van der Waals surface area contributed by atoms with Crippen molar-refractivity contribution in [3.05, 3.63) is 0 Å². The van der Waals surface area contributed by atoms with Crippen LogP contribution in [0.25, 0.3) is 0 Å². The Morgan fingerprint density at radius 2 is 2.30 bits per heavy atom. The molecule has 54 valence electrons. The molecule has 1 atom stereocenters. The number of carbonyl (C=O) groups excluding carboxylic acids is 1. The van der Waals surface area contributed by atoms with Crippen molar-refractivity contribution in [2.75, 3.05) is 0 Å². The first-order chi connectivity index (χ1) is 4.20. The van der Waals surface area contributed by atoms with Gasteiger partial charge < -0.3 is 10.4 Å². The lowest BCUT2D eigenvalue weighted by molar-refractivity contribution is -0.140. The first-order valence-corrected chi connectivity index (χ1v) is 2.72. The Kier molecular flexibility index (Phi) is 3.66. The Hall–Kier alpha value is -0.294. The van der Waals surface area contributed by atoms with Gasteiger partial charge in [0.2, 0.25) is 5.91 Å². The van der Waals surface area contributed by atoms with Crippen LogP contribution in [0.2, 0.25) is 0 Å². The van der Waals surface area contributed by atoms with Gasteiger partial charge in [0.15, 0.2) is 0 Å². The summed E-state index contributed by atoms with van der Waals surface area (Å²) in [5.41, 5.74) is 0. The van der Waals surface area contributed by atoms with Gasteiger partial charge in [0.1, 0.15) is 6.04 Å². The number of carboxylic acid groups (broad SMARTS) is 1. The topological polar surface area (TPSA) is 66.4 Å². The summed E-state index contributed by atoms with van der Waals surface area (Å²) < 4.78 is 0. The van der Waals surface area contributed by atoms with E-state index in [1.165, 1.54) is 0 Å². The van der Waals surface area contributed by atoms with E-state index in [0.29, 0.717) is 12.8 Å². The van der Waals surface area contributed by atoms with Crippen molar-refractivity contribution >= 4 is 34.9 Å². The Bertz CT molecular complexity index is 159. The SMILES string of the molecule is O=C1CC[C@@H](C(=O)O)N1.[MgH2]. The molecule has 1 amide bonds. The summed E-state index contributed by atoms with van der Waals surface area (Å²) in [6.45, 7) is 0. The number of rotatable bonds is 1. The van der Waals surface area contributed by atoms with E-state index in [4.69, 9.17) is 5.11 Å². The van der Waals surface area contributed by atoms with Gasteiger partial charge >= 0.3 is 29.0 Å². The second-order valence-electron chi connectivity index (χ2n) is 2.00. The fourth-order valence-electron chi connectivity index (χ4n) is 0.799. The maximum Gasteiger partial charge on any atom is 0.326 e. The molecule has 0 saturated carbocycles. The van der Waals surface area contributed by atoms with Crippen LogP contribution in [0.5, 0.6) is 0 Å². The second kappa shape index (κ2) is 3.77. The van der Waals surface area contributed by atoms with Gasteiger partial charge in [-0.05, 0) is 6.42 Å². The summed E-state index contributed by atoms with van der Waals surface area (Å²) in [5.74, 6) is -1.11. The summed E-state index contributed by atoms with van der Waals surface area (Å²) in [6, 6.07) is -0.641. The third-order valence-electron chi connectivity index (χ3n) is 1.29. The molecule has 0 unspecified atom stereocenters. The van der Waals surface area contributed by atoms with Gasteiger partial charge in [0, 0.05) is 6.42 Å².